The number of nitrogens with zero attached hydrogens (tertiary/aromatic N) is 1. The van der Waals surface area contributed by atoms with Crippen molar-refractivity contribution in [3.8, 4) is 0 Å². The number of Topliss-reactive ketones (excluding diaryl/α,β-unsaturated/α-hetero) is 1. The third kappa shape index (κ3) is 5.79. The number of nitro groups is 1. The summed E-state index contributed by atoms with van der Waals surface area (Å²) in [4.78, 5) is 34.4. The van der Waals surface area contributed by atoms with Gasteiger partial charge in [0.2, 0.25) is 5.78 Å². The number of alkyl halides is 3. The molecule has 0 amide bonds. The molecule has 0 fully saturated rings. The Morgan fingerprint density at radius 1 is 1.17 bits per heavy atom. The highest BCUT2D eigenvalue weighted by Crippen LogP contribution is 2.34. The monoisotopic (exact) mass is 424 g/mol. The number of rotatable bonds is 8. The van der Waals surface area contributed by atoms with Crippen molar-refractivity contribution in [2.45, 2.75) is 32.5 Å². The zero-order chi connectivity index (χ0) is 22.5. The van der Waals surface area contributed by atoms with E-state index in [1.165, 1.54) is 6.92 Å². The minimum Gasteiger partial charge on any atom is -0.453 e. The summed E-state index contributed by atoms with van der Waals surface area (Å²) >= 11 is 0. The zero-order valence-electron chi connectivity index (χ0n) is 16.2. The highest BCUT2D eigenvalue weighted by atomic mass is 19.4. The van der Waals surface area contributed by atoms with Crippen LogP contribution in [0.3, 0.4) is 0 Å². The first-order valence-electron chi connectivity index (χ1n) is 8.95. The van der Waals surface area contributed by atoms with E-state index >= 15 is 0 Å². The van der Waals surface area contributed by atoms with Crippen LogP contribution in [0.15, 0.2) is 42.5 Å². The van der Waals surface area contributed by atoms with E-state index in [1.54, 1.807) is 24.3 Å². The molecule has 1 atom stereocenters. The number of benzene rings is 2. The van der Waals surface area contributed by atoms with E-state index in [4.69, 9.17) is 4.74 Å². The molecule has 2 rings (SSSR count). The van der Waals surface area contributed by atoms with Gasteiger partial charge in [-0.05, 0) is 31.0 Å². The fraction of sp³-hybridized carbons (Fsp3) is 0.300. The number of carbonyl (C=O) groups excluding carboxylic acids is 2. The molecule has 10 heteroatoms. The largest absolute Gasteiger partial charge is 0.453 e. The predicted octanol–water partition coefficient (Wildman–Crippen LogP) is 4.40. The number of halogens is 3. The van der Waals surface area contributed by atoms with Gasteiger partial charge < -0.3 is 10.1 Å². The number of esters is 1. The molecule has 160 valence electrons. The Balaban J connectivity index is 2.01. The van der Waals surface area contributed by atoms with E-state index in [2.05, 4.69) is 5.32 Å². The van der Waals surface area contributed by atoms with Crippen molar-refractivity contribution in [3.05, 3.63) is 69.3 Å². The second kappa shape index (κ2) is 9.38. The second-order valence-electron chi connectivity index (χ2n) is 6.39. The summed E-state index contributed by atoms with van der Waals surface area (Å²) in [6.45, 7) is 2.78. The lowest BCUT2D eigenvalue weighted by molar-refractivity contribution is -0.384. The third-order valence-corrected chi connectivity index (χ3v) is 4.27. The van der Waals surface area contributed by atoms with Gasteiger partial charge in [0.05, 0.1) is 10.5 Å². The molecule has 7 nitrogen and oxygen atoms in total. The molecular weight excluding hydrogens is 405 g/mol. The number of aryl methyl sites for hydroxylation is 1. The van der Waals surface area contributed by atoms with E-state index in [0.717, 1.165) is 18.1 Å². The summed E-state index contributed by atoms with van der Waals surface area (Å²) in [5, 5.41) is 13.4. The van der Waals surface area contributed by atoms with Gasteiger partial charge in [-0.3, -0.25) is 19.7 Å². The highest BCUT2D eigenvalue weighted by molar-refractivity contribution is 6.00. The maximum Gasteiger partial charge on any atom is 0.416 e. The molecule has 0 aliphatic carbocycles. The molecule has 2 aromatic carbocycles. The molecule has 0 spiro atoms. The zero-order valence-corrected chi connectivity index (χ0v) is 16.2. The summed E-state index contributed by atoms with van der Waals surface area (Å²) in [5.74, 6) is -1.32. The fourth-order valence-corrected chi connectivity index (χ4v) is 2.61. The molecule has 0 saturated carbocycles. The van der Waals surface area contributed by atoms with Gasteiger partial charge in [-0.15, -0.1) is 0 Å². The first-order chi connectivity index (χ1) is 14.0. The van der Waals surface area contributed by atoms with Gasteiger partial charge in [0.25, 0.3) is 5.69 Å². The molecule has 2 aromatic rings. The maximum atomic E-state index is 12.7. The van der Waals surface area contributed by atoms with E-state index < -0.39 is 46.8 Å². The van der Waals surface area contributed by atoms with Crippen molar-refractivity contribution in [3.63, 3.8) is 0 Å². The van der Waals surface area contributed by atoms with Crippen molar-refractivity contribution >= 4 is 23.1 Å². The Bertz CT molecular complexity index is 942. The van der Waals surface area contributed by atoms with Gasteiger partial charge >= 0.3 is 12.1 Å². The summed E-state index contributed by atoms with van der Waals surface area (Å²) in [5.41, 5.74) is -0.898. The first kappa shape index (κ1) is 22.9. The molecule has 30 heavy (non-hydrogen) atoms. The minimum absolute atomic E-state index is 0.279. The topological polar surface area (TPSA) is 98.5 Å². The molecule has 0 aromatic heterocycles. The van der Waals surface area contributed by atoms with Crippen LogP contribution in [0.5, 0.6) is 0 Å². The Hall–Kier alpha value is -3.43. The number of hydrogen-bond acceptors (Lipinski definition) is 6. The number of hydrogen-bond donors (Lipinski definition) is 1. The number of ketones is 1. The number of ether oxygens (including phenoxy) is 1. The molecule has 0 aliphatic heterocycles. The predicted molar refractivity (Wildman–Crippen MR) is 102 cm³/mol. The summed E-state index contributed by atoms with van der Waals surface area (Å²) in [6.07, 6.45) is -5.04. The van der Waals surface area contributed by atoms with Crippen LogP contribution in [0.2, 0.25) is 0 Å². The van der Waals surface area contributed by atoms with Crippen molar-refractivity contribution in [1.82, 2.24) is 0 Å². The average molecular weight is 424 g/mol. The molecular formula is C20H19F3N2O5. The molecule has 0 heterocycles. The molecule has 1 unspecified atom stereocenters. The smallest absolute Gasteiger partial charge is 0.416 e. The van der Waals surface area contributed by atoms with E-state index in [0.29, 0.717) is 17.7 Å². The van der Waals surface area contributed by atoms with E-state index in [9.17, 15) is 32.9 Å². The van der Waals surface area contributed by atoms with Gasteiger partial charge in [-0.1, -0.05) is 31.2 Å². The standard InChI is InChI=1S/C20H19F3N2O5/c1-3-13-4-6-14(7-5-13)19(27)12(2)30-18(26)11-24-16-9-8-15(20(21,22)23)10-17(16)25(28)29/h4-10,12,24H,3,11H2,1-2H3. The Kier molecular flexibility index (Phi) is 7.14. The van der Waals surface area contributed by atoms with Crippen molar-refractivity contribution < 1.29 is 32.4 Å². The highest BCUT2D eigenvalue weighted by Gasteiger charge is 2.33. The number of nitrogens with one attached hydrogen (secondary N) is 1. The number of nitro benzene ring substituents is 1. The molecule has 0 bridgehead atoms. The van der Waals surface area contributed by atoms with Crippen LogP contribution in [-0.4, -0.2) is 29.3 Å². The van der Waals surface area contributed by atoms with Gasteiger partial charge in [0, 0.05) is 11.6 Å². The van der Waals surface area contributed by atoms with E-state index in [1.807, 2.05) is 6.92 Å². The maximum absolute atomic E-state index is 12.7. The summed E-state index contributed by atoms with van der Waals surface area (Å²) in [6, 6.07) is 8.70. The quantitative estimate of drug-likeness (QED) is 0.292. The average Bonchev–Trinajstić information content (AvgIpc) is 2.70. The van der Waals surface area contributed by atoms with Crippen LogP contribution in [-0.2, 0) is 22.1 Å². The molecule has 0 saturated heterocycles. The van der Waals surface area contributed by atoms with Crippen LogP contribution in [0.4, 0.5) is 24.5 Å². The van der Waals surface area contributed by atoms with Crippen LogP contribution in [0.1, 0.15) is 35.3 Å². The summed E-state index contributed by atoms with van der Waals surface area (Å²) < 4.78 is 43.2. The number of anilines is 1. The minimum atomic E-state index is -4.74. The van der Waals surface area contributed by atoms with Crippen molar-refractivity contribution in [2.75, 3.05) is 11.9 Å². The second-order valence-corrected chi connectivity index (χ2v) is 6.39. The third-order valence-electron chi connectivity index (χ3n) is 4.27. The van der Waals surface area contributed by atoms with Crippen molar-refractivity contribution in [1.29, 1.82) is 0 Å². The lowest BCUT2D eigenvalue weighted by Gasteiger charge is -2.14. The SMILES string of the molecule is CCc1ccc(C(=O)C(C)OC(=O)CNc2ccc(C(F)(F)F)cc2[N+](=O)[O-])cc1. The first-order valence-corrected chi connectivity index (χ1v) is 8.95. The van der Waals surface area contributed by atoms with Crippen LogP contribution in [0, 0.1) is 10.1 Å². The van der Waals surface area contributed by atoms with Crippen LogP contribution >= 0.6 is 0 Å². The lowest BCUT2D eigenvalue weighted by Crippen LogP contribution is -2.28. The van der Waals surface area contributed by atoms with E-state index in [-0.39, 0.29) is 5.69 Å². The van der Waals surface area contributed by atoms with Gasteiger partial charge in [-0.25, -0.2) is 0 Å². The number of carbonyl (C=O) groups is 2. The van der Waals surface area contributed by atoms with Gasteiger partial charge in [-0.2, -0.15) is 13.2 Å². The van der Waals surface area contributed by atoms with Gasteiger partial charge in [0.15, 0.2) is 6.10 Å². The Morgan fingerprint density at radius 2 is 1.80 bits per heavy atom. The summed E-state index contributed by atoms with van der Waals surface area (Å²) in [7, 11) is 0. The molecule has 0 radical (unpaired) electrons. The lowest BCUT2D eigenvalue weighted by atomic mass is 10.0. The van der Waals surface area contributed by atoms with Crippen LogP contribution in [0.25, 0.3) is 0 Å². The Labute approximate surface area is 170 Å². The molecule has 1 N–H and O–H groups in total. The fourth-order valence-electron chi connectivity index (χ4n) is 2.61. The Morgan fingerprint density at radius 3 is 2.33 bits per heavy atom. The normalized spacial score (nSPS) is 12.2. The van der Waals surface area contributed by atoms with Crippen molar-refractivity contribution in [2.24, 2.45) is 0 Å². The van der Waals surface area contributed by atoms with Gasteiger partial charge in [0.1, 0.15) is 12.2 Å². The molecule has 0 aliphatic rings. The van der Waals surface area contributed by atoms with Crippen LogP contribution < -0.4 is 5.32 Å².